The highest BCUT2D eigenvalue weighted by Gasteiger charge is 2.55. The van der Waals surface area contributed by atoms with Crippen molar-refractivity contribution in [3.8, 4) is 0 Å². The summed E-state index contributed by atoms with van der Waals surface area (Å²) in [5.41, 5.74) is 0.886. The largest absolute Gasteiger partial charge is 0.291 e. The Balaban J connectivity index is 2.16. The van der Waals surface area contributed by atoms with E-state index in [1.54, 1.807) is 0 Å². The Morgan fingerprint density at radius 2 is 1.93 bits per heavy atom. The second-order valence-electron chi connectivity index (χ2n) is 4.16. The van der Waals surface area contributed by atoms with Gasteiger partial charge in [-0.3, -0.25) is 4.79 Å². The molecule has 0 saturated heterocycles. The van der Waals surface area contributed by atoms with Crippen molar-refractivity contribution in [2.24, 2.45) is 5.92 Å². The number of hydrogen-bond acceptors (Lipinski definition) is 1. The first-order chi connectivity index (χ1) is 6.64. The average Bonchev–Trinajstić information content (AvgIpc) is 2.27. The SMILES string of the molecule is O=C1/C2=C/CCCCCCC2C1(Cl)Cl. The van der Waals surface area contributed by atoms with Gasteiger partial charge < -0.3 is 0 Å². The van der Waals surface area contributed by atoms with Gasteiger partial charge in [-0.25, -0.2) is 0 Å². The monoisotopic (exact) mass is 232 g/mol. The molecule has 0 N–H and O–H groups in total. The predicted molar refractivity (Wildman–Crippen MR) is 58.7 cm³/mol. The van der Waals surface area contributed by atoms with Crippen molar-refractivity contribution in [3.63, 3.8) is 0 Å². The third-order valence-electron chi connectivity index (χ3n) is 3.19. The first-order valence-corrected chi connectivity index (χ1v) is 6.02. The molecule has 2 rings (SSSR count). The molecule has 0 bridgehead atoms. The van der Waals surface area contributed by atoms with Crippen LogP contribution in [-0.2, 0) is 4.79 Å². The number of rotatable bonds is 0. The van der Waals surface area contributed by atoms with Gasteiger partial charge in [0.15, 0.2) is 10.1 Å². The van der Waals surface area contributed by atoms with Crippen molar-refractivity contribution in [2.45, 2.75) is 42.9 Å². The Morgan fingerprint density at radius 3 is 2.71 bits per heavy atom. The molecule has 0 aromatic carbocycles. The number of fused-ring (bicyclic) bond motifs is 1. The van der Waals surface area contributed by atoms with E-state index in [0.717, 1.165) is 24.8 Å². The zero-order chi connectivity index (χ0) is 10.2. The Hall–Kier alpha value is -0.0100. The normalized spacial score (nSPS) is 35.4. The van der Waals surface area contributed by atoms with E-state index in [-0.39, 0.29) is 11.7 Å². The van der Waals surface area contributed by atoms with Crippen LogP contribution in [0.2, 0.25) is 0 Å². The zero-order valence-electron chi connectivity index (χ0n) is 8.06. The van der Waals surface area contributed by atoms with Gasteiger partial charge >= 0.3 is 0 Å². The Labute approximate surface area is 94.5 Å². The Kier molecular flexibility index (Phi) is 2.90. The number of allylic oxidation sites excluding steroid dienone is 2. The van der Waals surface area contributed by atoms with Crippen LogP contribution in [0, 0.1) is 5.92 Å². The lowest BCUT2D eigenvalue weighted by molar-refractivity contribution is -0.121. The first kappa shape index (κ1) is 10.5. The summed E-state index contributed by atoms with van der Waals surface area (Å²) in [7, 11) is 0. The molecule has 1 atom stereocenters. The third-order valence-corrected chi connectivity index (χ3v) is 4.06. The maximum atomic E-state index is 11.6. The molecule has 14 heavy (non-hydrogen) atoms. The summed E-state index contributed by atoms with van der Waals surface area (Å²) < 4.78 is -1.11. The number of Topliss-reactive ketones (excluding diaryl/α,β-unsaturated/α-hetero) is 1. The van der Waals surface area contributed by atoms with Crippen molar-refractivity contribution in [1.82, 2.24) is 0 Å². The molecule has 1 unspecified atom stereocenters. The molecule has 1 nitrogen and oxygen atoms in total. The summed E-state index contributed by atoms with van der Waals surface area (Å²) in [5.74, 6) is 0.0316. The highest BCUT2D eigenvalue weighted by molar-refractivity contribution is 6.63. The van der Waals surface area contributed by atoms with E-state index in [2.05, 4.69) is 0 Å². The van der Waals surface area contributed by atoms with Crippen molar-refractivity contribution in [1.29, 1.82) is 0 Å². The standard InChI is InChI=1S/C11H14Cl2O/c12-11(13)9-7-5-3-1-2-4-6-8(9)10(11)14/h6,9H,1-5,7H2/b8-6+. The molecule has 2 aliphatic carbocycles. The van der Waals surface area contributed by atoms with Crippen LogP contribution in [-0.4, -0.2) is 10.1 Å². The summed E-state index contributed by atoms with van der Waals surface area (Å²) in [6.07, 6.45) is 8.81. The summed E-state index contributed by atoms with van der Waals surface area (Å²) in [6, 6.07) is 0. The topological polar surface area (TPSA) is 17.1 Å². The van der Waals surface area contributed by atoms with E-state index in [1.807, 2.05) is 6.08 Å². The van der Waals surface area contributed by atoms with Crippen LogP contribution in [0.15, 0.2) is 11.6 Å². The lowest BCUT2D eigenvalue weighted by Crippen LogP contribution is -2.50. The fourth-order valence-electron chi connectivity index (χ4n) is 2.30. The van der Waals surface area contributed by atoms with Crippen LogP contribution in [0.5, 0.6) is 0 Å². The highest BCUT2D eigenvalue weighted by atomic mass is 35.5. The summed E-state index contributed by atoms with van der Waals surface area (Å²) in [5, 5.41) is 0. The van der Waals surface area contributed by atoms with Gasteiger partial charge in [0.2, 0.25) is 0 Å². The molecule has 1 saturated carbocycles. The molecule has 1 fully saturated rings. The molecule has 0 heterocycles. The molecular weight excluding hydrogens is 219 g/mol. The maximum absolute atomic E-state index is 11.6. The number of halogens is 2. The van der Waals surface area contributed by atoms with E-state index in [9.17, 15) is 4.79 Å². The summed E-state index contributed by atoms with van der Waals surface area (Å²) >= 11 is 12.0. The van der Waals surface area contributed by atoms with Crippen LogP contribution >= 0.6 is 23.2 Å². The van der Waals surface area contributed by atoms with Gasteiger partial charge in [0, 0.05) is 11.5 Å². The van der Waals surface area contributed by atoms with E-state index in [0.29, 0.717) is 0 Å². The van der Waals surface area contributed by atoms with Gasteiger partial charge in [0.05, 0.1) is 0 Å². The molecule has 3 heteroatoms. The van der Waals surface area contributed by atoms with Gasteiger partial charge in [-0.15, -0.1) is 0 Å². The van der Waals surface area contributed by atoms with E-state index < -0.39 is 4.33 Å². The number of carbonyl (C=O) groups is 1. The van der Waals surface area contributed by atoms with Gasteiger partial charge in [-0.2, -0.15) is 0 Å². The quantitative estimate of drug-likeness (QED) is 0.584. The van der Waals surface area contributed by atoms with Crippen LogP contribution in [0.4, 0.5) is 0 Å². The average molecular weight is 233 g/mol. The minimum absolute atomic E-state index is 0.0623. The van der Waals surface area contributed by atoms with Gasteiger partial charge in [0.25, 0.3) is 0 Å². The van der Waals surface area contributed by atoms with E-state index in [4.69, 9.17) is 23.2 Å². The molecule has 0 radical (unpaired) electrons. The number of hydrogen-bond donors (Lipinski definition) is 0. The molecule has 2 aliphatic rings. The van der Waals surface area contributed by atoms with E-state index in [1.165, 1.54) is 19.3 Å². The molecule has 0 aliphatic heterocycles. The third kappa shape index (κ3) is 1.61. The Bertz CT molecular complexity index is 281. The fraction of sp³-hybridized carbons (Fsp3) is 0.727. The Morgan fingerprint density at radius 1 is 1.21 bits per heavy atom. The minimum atomic E-state index is -1.11. The second kappa shape index (κ2) is 3.86. The van der Waals surface area contributed by atoms with Crippen molar-refractivity contribution < 1.29 is 4.79 Å². The van der Waals surface area contributed by atoms with Crippen molar-refractivity contribution >= 4 is 29.0 Å². The van der Waals surface area contributed by atoms with Gasteiger partial charge in [-0.1, -0.05) is 48.5 Å². The molecule has 0 spiro atoms. The van der Waals surface area contributed by atoms with Crippen LogP contribution < -0.4 is 0 Å². The molecule has 78 valence electrons. The van der Waals surface area contributed by atoms with Crippen molar-refractivity contribution in [3.05, 3.63) is 11.6 Å². The first-order valence-electron chi connectivity index (χ1n) is 5.26. The highest BCUT2D eigenvalue weighted by Crippen LogP contribution is 2.51. The number of alkyl halides is 2. The number of carbonyl (C=O) groups excluding carboxylic acids is 1. The fourth-order valence-corrected chi connectivity index (χ4v) is 2.97. The van der Waals surface area contributed by atoms with Gasteiger partial charge in [-0.05, 0) is 19.3 Å². The van der Waals surface area contributed by atoms with Crippen LogP contribution in [0.25, 0.3) is 0 Å². The summed E-state index contributed by atoms with van der Waals surface area (Å²) in [4.78, 5) is 11.6. The molecule has 0 aromatic heterocycles. The smallest absolute Gasteiger partial charge is 0.195 e. The maximum Gasteiger partial charge on any atom is 0.195 e. The van der Waals surface area contributed by atoms with Crippen LogP contribution in [0.3, 0.4) is 0 Å². The zero-order valence-corrected chi connectivity index (χ0v) is 9.57. The predicted octanol–water partition coefficient (Wildman–Crippen LogP) is 3.64. The minimum Gasteiger partial charge on any atom is -0.291 e. The second-order valence-corrected chi connectivity index (χ2v) is 5.54. The molecule has 0 amide bonds. The number of ketones is 1. The molecular formula is C11H14Cl2O. The lowest BCUT2D eigenvalue weighted by atomic mass is 9.74. The lowest BCUT2D eigenvalue weighted by Gasteiger charge is -2.40. The molecule has 0 aromatic rings. The van der Waals surface area contributed by atoms with Crippen molar-refractivity contribution in [2.75, 3.05) is 0 Å². The summed E-state index contributed by atoms with van der Waals surface area (Å²) in [6.45, 7) is 0. The van der Waals surface area contributed by atoms with Crippen LogP contribution in [0.1, 0.15) is 38.5 Å². The van der Waals surface area contributed by atoms with Gasteiger partial charge in [0.1, 0.15) is 0 Å². The van der Waals surface area contributed by atoms with E-state index >= 15 is 0 Å².